The van der Waals surface area contributed by atoms with Crippen LogP contribution in [0.5, 0.6) is 0 Å². The van der Waals surface area contributed by atoms with E-state index in [0.29, 0.717) is 0 Å². The number of hydrogen-bond donors (Lipinski definition) is 1. The molecule has 1 aromatic rings. The molecule has 0 spiro atoms. The van der Waals surface area contributed by atoms with Gasteiger partial charge in [-0.15, -0.1) is 11.3 Å². The second kappa shape index (κ2) is 8.26. The average molecular weight is 305 g/mol. The predicted molar refractivity (Wildman–Crippen MR) is 75.0 cm³/mol. The Hall–Kier alpha value is 0.140. The highest BCUT2D eigenvalue weighted by molar-refractivity contribution is 9.10. The third-order valence-corrected chi connectivity index (χ3v) is 4.75. The van der Waals surface area contributed by atoms with E-state index >= 15 is 0 Å². The normalized spacial score (nSPS) is 12.9. The summed E-state index contributed by atoms with van der Waals surface area (Å²) in [6, 6.07) is 2.00. The van der Waals surface area contributed by atoms with Crippen molar-refractivity contribution in [2.24, 2.45) is 0 Å². The highest BCUT2D eigenvalue weighted by Gasteiger charge is 2.11. The summed E-state index contributed by atoms with van der Waals surface area (Å²) in [5.41, 5.74) is 0. The molecule has 3 heteroatoms. The van der Waals surface area contributed by atoms with Crippen LogP contribution in [-0.2, 0) is 0 Å². The molecule has 1 aromatic heterocycles. The Morgan fingerprint density at radius 1 is 1.25 bits per heavy atom. The third kappa shape index (κ3) is 4.98. The number of thiophene rings is 1. The van der Waals surface area contributed by atoms with Crippen molar-refractivity contribution in [3.63, 3.8) is 0 Å². The predicted octanol–water partition coefficient (Wildman–Crippen LogP) is 5.29. The van der Waals surface area contributed by atoms with Crippen LogP contribution in [-0.4, -0.2) is 5.11 Å². The van der Waals surface area contributed by atoms with Crippen molar-refractivity contribution in [2.45, 2.75) is 58.0 Å². The molecular weight excluding hydrogens is 284 g/mol. The van der Waals surface area contributed by atoms with Crippen molar-refractivity contribution < 1.29 is 5.11 Å². The maximum absolute atomic E-state index is 9.97. The highest BCUT2D eigenvalue weighted by Crippen LogP contribution is 2.31. The van der Waals surface area contributed by atoms with Crippen LogP contribution in [0.1, 0.15) is 62.9 Å². The van der Waals surface area contributed by atoms with Gasteiger partial charge in [-0.05, 0) is 33.8 Å². The number of aliphatic hydroxyl groups is 1. The minimum atomic E-state index is -0.277. The number of halogens is 1. The molecule has 0 aliphatic carbocycles. The van der Waals surface area contributed by atoms with E-state index in [1.807, 2.05) is 11.4 Å². The lowest BCUT2D eigenvalue weighted by molar-refractivity contribution is 0.166. The quantitative estimate of drug-likeness (QED) is 0.647. The van der Waals surface area contributed by atoms with Crippen molar-refractivity contribution in [2.75, 3.05) is 0 Å². The highest BCUT2D eigenvalue weighted by atomic mass is 79.9. The molecule has 1 rings (SSSR count). The van der Waals surface area contributed by atoms with E-state index in [9.17, 15) is 5.11 Å². The number of hydrogen-bond acceptors (Lipinski definition) is 2. The first-order valence-electron chi connectivity index (χ1n) is 6.16. The lowest BCUT2D eigenvalue weighted by atomic mass is 10.1. The van der Waals surface area contributed by atoms with E-state index in [-0.39, 0.29) is 6.10 Å². The topological polar surface area (TPSA) is 20.2 Å². The molecule has 0 aromatic carbocycles. The maximum Gasteiger partial charge on any atom is 0.0893 e. The average Bonchev–Trinajstić information content (AvgIpc) is 2.69. The van der Waals surface area contributed by atoms with Gasteiger partial charge in [-0.25, -0.2) is 0 Å². The van der Waals surface area contributed by atoms with Crippen molar-refractivity contribution in [1.29, 1.82) is 0 Å². The van der Waals surface area contributed by atoms with Crippen LogP contribution in [0.15, 0.2) is 15.9 Å². The Morgan fingerprint density at radius 2 is 1.94 bits per heavy atom. The number of rotatable bonds is 8. The minimum absolute atomic E-state index is 0.277. The smallest absolute Gasteiger partial charge is 0.0893 e. The molecule has 0 bridgehead atoms. The van der Waals surface area contributed by atoms with Crippen LogP contribution in [0.2, 0.25) is 0 Å². The largest absolute Gasteiger partial charge is 0.388 e. The van der Waals surface area contributed by atoms with Crippen LogP contribution in [0.4, 0.5) is 0 Å². The van der Waals surface area contributed by atoms with Gasteiger partial charge in [0.05, 0.1) is 6.10 Å². The summed E-state index contributed by atoms with van der Waals surface area (Å²) in [4.78, 5) is 1.08. The first kappa shape index (κ1) is 14.2. The van der Waals surface area contributed by atoms with Crippen molar-refractivity contribution in [3.8, 4) is 0 Å². The summed E-state index contributed by atoms with van der Waals surface area (Å²) in [5.74, 6) is 0. The lowest BCUT2D eigenvalue weighted by Crippen LogP contribution is -1.95. The molecule has 0 saturated heterocycles. The zero-order valence-corrected chi connectivity index (χ0v) is 12.3. The van der Waals surface area contributed by atoms with Gasteiger partial charge in [0.1, 0.15) is 0 Å². The van der Waals surface area contributed by atoms with Gasteiger partial charge in [-0.3, -0.25) is 0 Å². The molecule has 0 aliphatic heterocycles. The molecule has 0 amide bonds. The Balaban J connectivity index is 2.11. The molecule has 1 heterocycles. The monoisotopic (exact) mass is 304 g/mol. The lowest BCUT2D eigenvalue weighted by Gasteiger charge is -2.09. The standard InChI is InChI=1S/C13H21BrOS/c1-2-3-4-5-6-7-8-12(15)13-11(14)9-10-16-13/h9-10,12,15H,2-8H2,1H3. The van der Waals surface area contributed by atoms with Crippen LogP contribution in [0, 0.1) is 0 Å². The molecule has 0 fully saturated rings. The Kier molecular flexibility index (Phi) is 7.33. The van der Waals surface area contributed by atoms with Gasteiger partial charge in [0.2, 0.25) is 0 Å². The Morgan fingerprint density at radius 3 is 2.56 bits per heavy atom. The molecule has 0 aliphatic rings. The third-order valence-electron chi connectivity index (χ3n) is 2.78. The van der Waals surface area contributed by atoms with Gasteiger partial charge in [-0.2, -0.15) is 0 Å². The van der Waals surface area contributed by atoms with Gasteiger partial charge in [0.15, 0.2) is 0 Å². The molecule has 1 nitrogen and oxygen atoms in total. The van der Waals surface area contributed by atoms with Gasteiger partial charge < -0.3 is 5.11 Å². The van der Waals surface area contributed by atoms with Crippen LogP contribution in [0.25, 0.3) is 0 Å². The minimum Gasteiger partial charge on any atom is -0.388 e. The Labute approximate surface area is 111 Å². The zero-order valence-electron chi connectivity index (χ0n) is 9.92. The summed E-state index contributed by atoms with van der Waals surface area (Å²) in [6.07, 6.45) is 8.30. The van der Waals surface area contributed by atoms with Gasteiger partial charge in [0, 0.05) is 9.35 Å². The van der Waals surface area contributed by atoms with Gasteiger partial charge >= 0.3 is 0 Å². The van der Waals surface area contributed by atoms with Crippen molar-refractivity contribution >= 4 is 27.3 Å². The fourth-order valence-corrected chi connectivity index (χ4v) is 3.45. The number of aliphatic hydroxyl groups excluding tert-OH is 1. The molecule has 1 N–H and O–H groups in total. The summed E-state index contributed by atoms with van der Waals surface area (Å²) in [5, 5.41) is 12.0. The Bertz CT molecular complexity index is 285. The van der Waals surface area contributed by atoms with E-state index in [2.05, 4.69) is 22.9 Å². The maximum atomic E-state index is 9.97. The molecule has 0 radical (unpaired) electrons. The molecule has 1 unspecified atom stereocenters. The molecule has 0 saturated carbocycles. The molecule has 1 atom stereocenters. The van der Waals surface area contributed by atoms with Gasteiger partial charge in [-0.1, -0.05) is 45.4 Å². The van der Waals surface area contributed by atoms with Crippen LogP contribution in [0.3, 0.4) is 0 Å². The summed E-state index contributed by atoms with van der Waals surface area (Å²) >= 11 is 5.09. The van der Waals surface area contributed by atoms with Gasteiger partial charge in [0.25, 0.3) is 0 Å². The van der Waals surface area contributed by atoms with E-state index in [4.69, 9.17) is 0 Å². The summed E-state index contributed by atoms with van der Waals surface area (Å²) in [7, 11) is 0. The van der Waals surface area contributed by atoms with Crippen LogP contribution >= 0.6 is 27.3 Å². The fourth-order valence-electron chi connectivity index (χ4n) is 1.79. The second-order valence-electron chi connectivity index (χ2n) is 4.21. The molecular formula is C13H21BrOS. The zero-order chi connectivity index (χ0) is 11.8. The fraction of sp³-hybridized carbons (Fsp3) is 0.692. The van der Waals surface area contributed by atoms with Crippen molar-refractivity contribution in [3.05, 3.63) is 20.8 Å². The SMILES string of the molecule is CCCCCCCCC(O)c1sccc1Br. The molecule has 16 heavy (non-hydrogen) atoms. The summed E-state index contributed by atoms with van der Waals surface area (Å²) < 4.78 is 1.05. The van der Waals surface area contributed by atoms with E-state index < -0.39 is 0 Å². The van der Waals surface area contributed by atoms with Crippen LogP contribution < -0.4 is 0 Å². The summed E-state index contributed by atoms with van der Waals surface area (Å²) in [6.45, 7) is 2.23. The molecule has 92 valence electrons. The van der Waals surface area contributed by atoms with E-state index in [1.165, 1.54) is 32.1 Å². The number of unbranched alkanes of at least 4 members (excludes halogenated alkanes) is 5. The van der Waals surface area contributed by atoms with E-state index in [1.54, 1.807) is 11.3 Å². The second-order valence-corrected chi connectivity index (χ2v) is 6.01. The first-order chi connectivity index (χ1) is 7.75. The van der Waals surface area contributed by atoms with Crippen molar-refractivity contribution in [1.82, 2.24) is 0 Å². The first-order valence-corrected chi connectivity index (χ1v) is 7.84. The van der Waals surface area contributed by atoms with E-state index in [0.717, 1.165) is 22.2 Å².